The molecule has 2 aromatic carbocycles. The summed E-state index contributed by atoms with van der Waals surface area (Å²) in [5.74, 6) is -0.265. The molecule has 0 unspecified atom stereocenters. The molecule has 0 aromatic heterocycles. The van der Waals surface area contributed by atoms with Crippen molar-refractivity contribution in [3.63, 3.8) is 0 Å². The third-order valence-corrected chi connectivity index (χ3v) is 4.05. The van der Waals surface area contributed by atoms with Crippen LogP contribution in [0.15, 0.2) is 53.0 Å². The Hall–Kier alpha value is -2.18. The molecule has 0 spiro atoms. The lowest BCUT2D eigenvalue weighted by molar-refractivity contribution is -0.117. The van der Waals surface area contributed by atoms with Gasteiger partial charge in [-0.05, 0) is 49.9 Å². The topological polar surface area (TPSA) is 61.4 Å². The van der Waals surface area contributed by atoms with Gasteiger partial charge in [-0.25, -0.2) is 0 Å². The Morgan fingerprint density at radius 2 is 1.84 bits per heavy atom. The molecule has 25 heavy (non-hydrogen) atoms. The van der Waals surface area contributed by atoms with Crippen LogP contribution in [0.1, 0.15) is 22.8 Å². The molecule has 0 atom stereocenters. The predicted molar refractivity (Wildman–Crippen MR) is 104 cm³/mol. The van der Waals surface area contributed by atoms with Crippen LogP contribution >= 0.6 is 15.9 Å². The van der Waals surface area contributed by atoms with Gasteiger partial charge in [0, 0.05) is 28.8 Å². The third-order valence-electron chi connectivity index (χ3n) is 3.53. The summed E-state index contributed by atoms with van der Waals surface area (Å²) in [4.78, 5) is 26.0. The highest BCUT2D eigenvalue weighted by Gasteiger charge is 2.10. The second-order valence-corrected chi connectivity index (χ2v) is 6.70. The molecule has 0 aliphatic heterocycles. The molecule has 0 bridgehead atoms. The average Bonchev–Trinajstić information content (AvgIpc) is 2.57. The van der Waals surface area contributed by atoms with Gasteiger partial charge < -0.3 is 10.6 Å². The number of hydrogen-bond donors (Lipinski definition) is 2. The van der Waals surface area contributed by atoms with Gasteiger partial charge in [-0.3, -0.25) is 14.5 Å². The number of likely N-dealkylation sites (N-methyl/N-ethyl adjacent to an activating group) is 1. The van der Waals surface area contributed by atoms with E-state index in [0.717, 1.165) is 10.0 Å². The van der Waals surface area contributed by atoms with Crippen LogP contribution in [0.2, 0.25) is 0 Å². The van der Waals surface area contributed by atoms with E-state index in [0.29, 0.717) is 24.3 Å². The summed E-state index contributed by atoms with van der Waals surface area (Å²) in [6.07, 6.45) is 0. The van der Waals surface area contributed by atoms with Gasteiger partial charge in [0.25, 0.3) is 5.91 Å². The molecule has 0 heterocycles. The summed E-state index contributed by atoms with van der Waals surface area (Å²) in [6, 6.07) is 14.9. The first-order valence-electron chi connectivity index (χ1n) is 8.09. The second kappa shape index (κ2) is 9.34. The first-order chi connectivity index (χ1) is 12.0. The lowest BCUT2D eigenvalue weighted by atomic mass is 10.2. The number of nitrogens with zero attached hydrogens (tertiary/aromatic N) is 1. The molecule has 2 amide bonds. The van der Waals surface area contributed by atoms with Crippen LogP contribution in [0.25, 0.3) is 0 Å². The van der Waals surface area contributed by atoms with Gasteiger partial charge in [0.15, 0.2) is 0 Å². The van der Waals surface area contributed by atoms with Gasteiger partial charge in [0.2, 0.25) is 5.91 Å². The van der Waals surface area contributed by atoms with E-state index in [9.17, 15) is 9.59 Å². The van der Waals surface area contributed by atoms with Gasteiger partial charge >= 0.3 is 0 Å². The molecule has 2 rings (SSSR count). The number of carbonyl (C=O) groups is 2. The summed E-state index contributed by atoms with van der Waals surface area (Å²) in [5.41, 5.74) is 2.28. The summed E-state index contributed by atoms with van der Waals surface area (Å²) in [6.45, 7) is 3.38. The van der Waals surface area contributed by atoms with Crippen LogP contribution in [0.4, 0.5) is 5.69 Å². The Morgan fingerprint density at radius 1 is 1.12 bits per heavy atom. The first kappa shape index (κ1) is 19.1. The molecular weight excluding hydrogens is 382 g/mol. The Kier molecular flexibility index (Phi) is 7.16. The number of anilines is 1. The Bertz CT molecular complexity index is 732. The highest BCUT2D eigenvalue weighted by molar-refractivity contribution is 9.10. The van der Waals surface area contributed by atoms with E-state index in [1.54, 1.807) is 24.3 Å². The normalized spacial score (nSPS) is 10.6. The van der Waals surface area contributed by atoms with Crippen LogP contribution in [0.3, 0.4) is 0 Å². The Labute approximate surface area is 156 Å². The molecule has 132 valence electrons. The molecule has 0 saturated carbocycles. The fourth-order valence-corrected chi connectivity index (χ4v) is 2.67. The number of amides is 2. The number of benzene rings is 2. The predicted octanol–water partition coefficient (Wildman–Crippen LogP) is 3.27. The minimum Gasteiger partial charge on any atom is -0.352 e. The van der Waals surface area contributed by atoms with Crippen molar-refractivity contribution in [3.8, 4) is 0 Å². The van der Waals surface area contributed by atoms with Gasteiger partial charge in [-0.15, -0.1) is 0 Å². The maximum Gasteiger partial charge on any atom is 0.251 e. The van der Waals surface area contributed by atoms with E-state index in [1.807, 2.05) is 43.1 Å². The zero-order chi connectivity index (χ0) is 18.2. The standard InChI is InChI=1S/C19H22BrN3O2/c1-3-21-19(25)15-5-4-6-17(11-15)22-18(24)13-23(2)12-14-7-9-16(20)10-8-14/h4-11H,3,12-13H2,1-2H3,(H,21,25)(H,22,24). The lowest BCUT2D eigenvalue weighted by Gasteiger charge is -2.16. The molecule has 0 aliphatic carbocycles. The highest BCUT2D eigenvalue weighted by Crippen LogP contribution is 2.13. The van der Waals surface area contributed by atoms with Crippen molar-refractivity contribution in [3.05, 3.63) is 64.1 Å². The van der Waals surface area contributed by atoms with Gasteiger partial charge in [-0.2, -0.15) is 0 Å². The summed E-state index contributed by atoms with van der Waals surface area (Å²) >= 11 is 3.41. The smallest absolute Gasteiger partial charge is 0.251 e. The van der Waals surface area contributed by atoms with E-state index < -0.39 is 0 Å². The van der Waals surface area contributed by atoms with Crippen molar-refractivity contribution in [2.45, 2.75) is 13.5 Å². The van der Waals surface area contributed by atoms with Gasteiger partial charge in [0.1, 0.15) is 0 Å². The minimum absolute atomic E-state index is 0.118. The molecule has 2 aromatic rings. The minimum atomic E-state index is -0.147. The highest BCUT2D eigenvalue weighted by atomic mass is 79.9. The molecule has 0 fully saturated rings. The van der Waals surface area contributed by atoms with Crippen molar-refractivity contribution in [1.29, 1.82) is 0 Å². The molecule has 5 nitrogen and oxygen atoms in total. The van der Waals surface area contributed by atoms with Crippen LogP contribution in [0, 0.1) is 0 Å². The number of nitrogens with one attached hydrogen (secondary N) is 2. The first-order valence-corrected chi connectivity index (χ1v) is 8.88. The monoisotopic (exact) mass is 403 g/mol. The summed E-state index contributed by atoms with van der Waals surface area (Å²) in [7, 11) is 1.90. The summed E-state index contributed by atoms with van der Waals surface area (Å²) in [5, 5.41) is 5.58. The number of halogens is 1. The Morgan fingerprint density at radius 3 is 2.52 bits per heavy atom. The van der Waals surface area contributed by atoms with Crippen LogP contribution in [0.5, 0.6) is 0 Å². The van der Waals surface area contributed by atoms with Crippen LogP contribution in [-0.2, 0) is 11.3 Å². The van der Waals surface area contributed by atoms with Crippen molar-refractivity contribution in [1.82, 2.24) is 10.2 Å². The van der Waals surface area contributed by atoms with Crippen molar-refractivity contribution in [2.75, 3.05) is 25.5 Å². The molecule has 6 heteroatoms. The van der Waals surface area contributed by atoms with Gasteiger partial charge in [0.05, 0.1) is 6.54 Å². The second-order valence-electron chi connectivity index (χ2n) is 5.79. The molecule has 0 radical (unpaired) electrons. The van der Waals surface area contributed by atoms with E-state index in [-0.39, 0.29) is 18.4 Å². The molecule has 2 N–H and O–H groups in total. The number of carbonyl (C=O) groups excluding carboxylic acids is 2. The van der Waals surface area contributed by atoms with E-state index in [2.05, 4.69) is 26.6 Å². The molecular formula is C19H22BrN3O2. The Balaban J connectivity index is 1.90. The third kappa shape index (κ3) is 6.32. The van der Waals surface area contributed by atoms with Crippen molar-refractivity contribution >= 4 is 33.4 Å². The van der Waals surface area contributed by atoms with Crippen LogP contribution in [-0.4, -0.2) is 36.9 Å². The molecule has 0 aliphatic rings. The van der Waals surface area contributed by atoms with Crippen molar-refractivity contribution < 1.29 is 9.59 Å². The zero-order valence-corrected chi connectivity index (χ0v) is 16.0. The largest absolute Gasteiger partial charge is 0.352 e. The number of rotatable bonds is 7. The molecule has 0 saturated heterocycles. The lowest BCUT2D eigenvalue weighted by Crippen LogP contribution is -2.30. The fraction of sp³-hybridized carbons (Fsp3) is 0.263. The van der Waals surface area contributed by atoms with E-state index in [4.69, 9.17) is 0 Å². The van der Waals surface area contributed by atoms with E-state index >= 15 is 0 Å². The average molecular weight is 404 g/mol. The van der Waals surface area contributed by atoms with E-state index in [1.165, 1.54) is 0 Å². The van der Waals surface area contributed by atoms with Crippen LogP contribution < -0.4 is 10.6 Å². The zero-order valence-electron chi connectivity index (χ0n) is 14.4. The maximum atomic E-state index is 12.2. The quantitative estimate of drug-likeness (QED) is 0.745. The number of hydrogen-bond acceptors (Lipinski definition) is 3. The SMILES string of the molecule is CCNC(=O)c1cccc(NC(=O)CN(C)Cc2ccc(Br)cc2)c1. The summed E-state index contributed by atoms with van der Waals surface area (Å²) < 4.78 is 1.03. The fourth-order valence-electron chi connectivity index (χ4n) is 2.40. The van der Waals surface area contributed by atoms with Crippen molar-refractivity contribution in [2.24, 2.45) is 0 Å². The maximum absolute atomic E-state index is 12.2. The van der Waals surface area contributed by atoms with Gasteiger partial charge in [-0.1, -0.05) is 34.1 Å².